The quantitative estimate of drug-likeness (QED) is 0.545. The van der Waals surface area contributed by atoms with Crippen molar-refractivity contribution < 1.29 is 4.74 Å². The molecule has 0 fully saturated rings. The summed E-state index contributed by atoms with van der Waals surface area (Å²) in [7, 11) is 1.50. The van der Waals surface area contributed by atoms with Gasteiger partial charge in [-0.15, -0.1) is 0 Å². The van der Waals surface area contributed by atoms with E-state index < -0.39 is 0 Å². The monoisotopic (exact) mass is 178 g/mol. The van der Waals surface area contributed by atoms with E-state index in [0.29, 0.717) is 6.54 Å². The smallest absolute Gasteiger partial charge is 0.200 e. The number of nitrogens with zero attached hydrogens (tertiary/aromatic N) is 3. The summed E-state index contributed by atoms with van der Waals surface area (Å²) in [6, 6.07) is 1.89. The Morgan fingerprint density at radius 1 is 1.62 bits per heavy atom. The average molecular weight is 178 g/mol. The van der Waals surface area contributed by atoms with Crippen molar-refractivity contribution in [2.24, 2.45) is 0 Å². The highest BCUT2D eigenvalue weighted by molar-refractivity contribution is 5.72. The maximum absolute atomic E-state index is 7.37. The number of hydrogen-bond donors (Lipinski definition) is 1. The van der Waals surface area contributed by atoms with Crippen molar-refractivity contribution in [1.82, 2.24) is 14.2 Å². The molecule has 0 saturated carbocycles. The first-order chi connectivity index (χ1) is 6.31. The summed E-state index contributed by atoms with van der Waals surface area (Å²) in [5.41, 5.74) is 0.960. The Bertz CT molecular complexity index is 428. The first-order valence-electron chi connectivity index (χ1n) is 3.91. The molecule has 2 rings (SSSR count). The van der Waals surface area contributed by atoms with Gasteiger partial charge in [-0.3, -0.25) is 5.41 Å². The van der Waals surface area contributed by atoms with Crippen LogP contribution in [-0.4, -0.2) is 27.2 Å². The molecule has 0 atom stereocenters. The highest BCUT2D eigenvalue weighted by atomic mass is 16.5. The van der Waals surface area contributed by atoms with Crippen molar-refractivity contribution in [3.05, 3.63) is 24.7 Å². The Morgan fingerprint density at radius 3 is 3.23 bits per heavy atom. The summed E-state index contributed by atoms with van der Waals surface area (Å²) in [5, 5.41) is 11.4. The minimum absolute atomic E-state index is 0.235. The third-order valence-corrected chi connectivity index (χ3v) is 1.89. The lowest BCUT2D eigenvalue weighted by Crippen LogP contribution is -2.09. The molecular weight excluding hydrogens is 168 g/mol. The number of ether oxygens (including phenoxy) is 1. The molecule has 5 nitrogen and oxygen atoms in total. The average Bonchev–Trinajstić information content (AvgIpc) is 2.69. The van der Waals surface area contributed by atoms with Gasteiger partial charge in [0.1, 0.15) is 5.65 Å². The zero-order valence-electron chi connectivity index (χ0n) is 7.27. The van der Waals surface area contributed by atoms with Crippen LogP contribution in [0.25, 0.3) is 5.65 Å². The van der Waals surface area contributed by atoms with E-state index in [1.165, 1.54) is 7.11 Å². The number of methoxy groups -OCH3 is 1. The lowest BCUT2D eigenvalue weighted by molar-refractivity contribution is 0.382. The van der Waals surface area contributed by atoms with Gasteiger partial charge in [0.25, 0.3) is 0 Å². The number of fused-ring (bicyclic) bond motifs is 1. The van der Waals surface area contributed by atoms with E-state index in [9.17, 15) is 0 Å². The van der Waals surface area contributed by atoms with Crippen molar-refractivity contribution in [3.8, 4) is 0 Å². The summed E-state index contributed by atoms with van der Waals surface area (Å²) >= 11 is 0. The molecule has 0 aromatic carbocycles. The molecule has 0 amide bonds. The van der Waals surface area contributed by atoms with E-state index in [1.54, 1.807) is 10.7 Å². The normalized spacial score (nSPS) is 10.5. The molecule has 13 heavy (non-hydrogen) atoms. The lowest BCUT2D eigenvalue weighted by Gasteiger charge is -2.02. The molecule has 0 unspecified atom stereocenters. The van der Waals surface area contributed by atoms with Gasteiger partial charge in [-0.2, -0.15) is 5.10 Å². The van der Waals surface area contributed by atoms with E-state index in [1.807, 2.05) is 23.0 Å². The minimum atomic E-state index is 0.235. The van der Waals surface area contributed by atoms with Crippen LogP contribution in [0.15, 0.2) is 24.7 Å². The Kier molecular flexibility index (Phi) is 1.77. The summed E-state index contributed by atoms with van der Waals surface area (Å²) in [6.07, 6.45) is 5.44. The SMILES string of the molecule is COC(=N)Cn1ccn2nccc12. The van der Waals surface area contributed by atoms with Crippen molar-refractivity contribution in [3.63, 3.8) is 0 Å². The topological polar surface area (TPSA) is 55.3 Å². The van der Waals surface area contributed by atoms with Gasteiger partial charge in [0, 0.05) is 18.5 Å². The van der Waals surface area contributed by atoms with Crippen molar-refractivity contribution in [2.45, 2.75) is 6.54 Å². The van der Waals surface area contributed by atoms with Gasteiger partial charge in [0.2, 0.25) is 5.90 Å². The Hall–Kier alpha value is -1.78. The molecule has 1 N–H and O–H groups in total. The Balaban J connectivity index is 2.33. The van der Waals surface area contributed by atoms with Crippen LogP contribution in [0.3, 0.4) is 0 Å². The first-order valence-corrected chi connectivity index (χ1v) is 3.91. The zero-order valence-corrected chi connectivity index (χ0v) is 7.27. The van der Waals surface area contributed by atoms with Gasteiger partial charge in [-0.1, -0.05) is 0 Å². The van der Waals surface area contributed by atoms with Crippen LogP contribution < -0.4 is 0 Å². The predicted octanol–water partition coefficient (Wildman–Crippen LogP) is 0.759. The second-order valence-corrected chi connectivity index (χ2v) is 2.69. The molecule has 0 spiro atoms. The fourth-order valence-electron chi connectivity index (χ4n) is 1.22. The standard InChI is InChI=1S/C8H10N4O/c1-13-7(9)6-11-4-5-12-8(11)2-3-10-12/h2-5,9H,6H2,1H3. The Morgan fingerprint density at radius 2 is 2.46 bits per heavy atom. The van der Waals surface area contributed by atoms with Gasteiger partial charge in [-0.05, 0) is 0 Å². The molecule has 68 valence electrons. The molecule has 2 aromatic rings. The van der Waals surface area contributed by atoms with Gasteiger partial charge in [0.05, 0.1) is 19.9 Å². The van der Waals surface area contributed by atoms with Crippen LogP contribution >= 0.6 is 0 Å². The van der Waals surface area contributed by atoms with E-state index in [0.717, 1.165) is 5.65 Å². The van der Waals surface area contributed by atoms with Gasteiger partial charge in [0.15, 0.2) is 0 Å². The largest absolute Gasteiger partial charge is 0.483 e. The van der Waals surface area contributed by atoms with Gasteiger partial charge >= 0.3 is 0 Å². The van der Waals surface area contributed by atoms with E-state index in [4.69, 9.17) is 10.1 Å². The molecule has 5 heteroatoms. The van der Waals surface area contributed by atoms with E-state index in [2.05, 4.69) is 5.10 Å². The Labute approximate surface area is 75.1 Å². The highest BCUT2D eigenvalue weighted by Crippen LogP contribution is 2.03. The number of aromatic nitrogens is 3. The zero-order chi connectivity index (χ0) is 9.26. The van der Waals surface area contributed by atoms with E-state index in [-0.39, 0.29) is 5.90 Å². The van der Waals surface area contributed by atoms with Gasteiger partial charge in [-0.25, -0.2) is 4.52 Å². The summed E-state index contributed by atoms with van der Waals surface area (Å²) in [4.78, 5) is 0. The van der Waals surface area contributed by atoms with Crippen LogP contribution in [0, 0.1) is 5.41 Å². The number of rotatable bonds is 2. The maximum Gasteiger partial charge on any atom is 0.200 e. The summed E-state index contributed by atoms with van der Waals surface area (Å²) < 4.78 is 8.44. The number of imidazole rings is 1. The molecular formula is C8H10N4O. The number of hydrogen-bond acceptors (Lipinski definition) is 3. The van der Waals surface area contributed by atoms with Crippen LogP contribution in [0.1, 0.15) is 0 Å². The second kappa shape index (κ2) is 2.93. The van der Waals surface area contributed by atoms with Crippen LogP contribution in [-0.2, 0) is 11.3 Å². The van der Waals surface area contributed by atoms with Crippen LogP contribution in [0.2, 0.25) is 0 Å². The summed E-state index contributed by atoms with van der Waals surface area (Å²) in [6.45, 7) is 0.443. The predicted molar refractivity (Wildman–Crippen MR) is 47.9 cm³/mol. The van der Waals surface area contributed by atoms with Crippen LogP contribution in [0.5, 0.6) is 0 Å². The summed E-state index contributed by atoms with van der Waals surface area (Å²) in [5.74, 6) is 0.235. The molecule has 0 aliphatic rings. The first kappa shape index (κ1) is 7.85. The van der Waals surface area contributed by atoms with Gasteiger partial charge < -0.3 is 9.30 Å². The molecule has 0 bridgehead atoms. The highest BCUT2D eigenvalue weighted by Gasteiger charge is 2.02. The fraction of sp³-hybridized carbons (Fsp3) is 0.250. The molecule has 2 heterocycles. The molecule has 0 saturated heterocycles. The van der Waals surface area contributed by atoms with Crippen molar-refractivity contribution in [2.75, 3.05) is 7.11 Å². The lowest BCUT2D eigenvalue weighted by atomic mass is 10.6. The molecule has 0 aliphatic heterocycles. The third kappa shape index (κ3) is 1.28. The van der Waals surface area contributed by atoms with E-state index >= 15 is 0 Å². The second-order valence-electron chi connectivity index (χ2n) is 2.69. The minimum Gasteiger partial charge on any atom is -0.483 e. The van der Waals surface area contributed by atoms with Crippen molar-refractivity contribution >= 4 is 11.5 Å². The van der Waals surface area contributed by atoms with Crippen molar-refractivity contribution in [1.29, 1.82) is 5.41 Å². The molecule has 2 aromatic heterocycles. The van der Waals surface area contributed by atoms with Crippen LogP contribution in [0.4, 0.5) is 0 Å². The maximum atomic E-state index is 7.37. The third-order valence-electron chi connectivity index (χ3n) is 1.89. The number of nitrogens with one attached hydrogen (secondary N) is 1. The molecule has 0 radical (unpaired) electrons. The fourth-order valence-corrected chi connectivity index (χ4v) is 1.22. The molecule has 0 aliphatic carbocycles.